The molecule has 0 radical (unpaired) electrons. The molecule has 1 aliphatic heterocycles. The number of benzene rings is 2. The second-order valence-electron chi connectivity index (χ2n) is 6.68. The molecule has 0 saturated heterocycles. The lowest BCUT2D eigenvalue weighted by Gasteiger charge is -2.22. The summed E-state index contributed by atoms with van der Waals surface area (Å²) in [6.45, 7) is -1.70. The van der Waals surface area contributed by atoms with E-state index in [1.54, 1.807) is 12.1 Å². The lowest BCUT2D eigenvalue weighted by Crippen LogP contribution is -2.18. The lowest BCUT2D eigenvalue weighted by atomic mass is 10.1. The molecular weight excluding hydrogens is 336 g/mol. The summed E-state index contributed by atoms with van der Waals surface area (Å²) in [5, 5.41) is 2.80. The van der Waals surface area contributed by atoms with Crippen LogP contribution in [0, 0.1) is 6.85 Å². The Labute approximate surface area is 159 Å². The molecule has 2 aromatic carbocycles. The molecule has 0 unspecified atom stereocenters. The van der Waals surface area contributed by atoms with E-state index in [1.807, 2.05) is 42.6 Å². The van der Waals surface area contributed by atoms with Gasteiger partial charge in [-0.1, -0.05) is 30.3 Å². The van der Waals surface area contributed by atoms with Crippen LogP contribution in [-0.4, -0.2) is 4.98 Å². The fourth-order valence-corrected chi connectivity index (χ4v) is 3.84. The summed E-state index contributed by atoms with van der Waals surface area (Å²) in [6.07, 6.45) is 4.07. The Balaban J connectivity index is 1.48. The Kier molecular flexibility index (Phi) is 2.32. The van der Waals surface area contributed by atoms with Crippen LogP contribution in [0.2, 0.25) is 0 Å². The average Bonchev–Trinajstić information content (AvgIpc) is 3.30. The first kappa shape index (κ1) is 12.0. The van der Waals surface area contributed by atoms with Crippen molar-refractivity contribution in [1.82, 2.24) is 4.98 Å². The number of hydrogen-bond donors (Lipinski definition) is 0. The molecule has 27 heavy (non-hydrogen) atoms. The van der Waals surface area contributed by atoms with Gasteiger partial charge in [-0.05, 0) is 37.2 Å². The molecule has 0 N–H and O–H groups in total. The number of rotatable bonds is 1. The third kappa shape index (κ3) is 2.07. The monoisotopic (exact) mass is 355 g/mol. The summed E-state index contributed by atoms with van der Waals surface area (Å²) in [6, 6.07) is 17.2. The number of furan rings is 2. The zero-order valence-corrected chi connectivity index (χ0v) is 14.3. The fourth-order valence-electron chi connectivity index (χ4n) is 3.84. The number of hydrogen-bond acceptors (Lipinski definition) is 4. The summed E-state index contributed by atoms with van der Waals surface area (Å²) in [7, 11) is 0. The van der Waals surface area contributed by atoms with E-state index in [0.29, 0.717) is 17.8 Å². The van der Waals surface area contributed by atoms with E-state index in [-0.39, 0.29) is 5.69 Å². The Bertz CT molecular complexity index is 1480. The zero-order valence-electron chi connectivity index (χ0n) is 17.3. The van der Waals surface area contributed by atoms with Crippen LogP contribution in [-0.2, 0) is 6.54 Å². The number of aryl methyl sites for hydroxylation is 1. The predicted octanol–water partition coefficient (Wildman–Crippen LogP) is 6.03. The highest BCUT2D eigenvalue weighted by Crippen LogP contribution is 2.38. The van der Waals surface area contributed by atoms with Crippen molar-refractivity contribution in [1.29, 1.82) is 0 Å². The maximum atomic E-state index is 7.60. The standard InChI is InChI=1S/C23H16N2O2/c1-14-9-10-18-17-6-4-7-19(22(17)27-23(18)24-14)25-12-11-16-15-5-2-3-8-20(15)26-21(16)13-25/h2-12H,13H2,1H3/i1D3. The van der Waals surface area contributed by atoms with E-state index in [0.717, 1.165) is 38.8 Å². The molecule has 0 bridgehead atoms. The van der Waals surface area contributed by atoms with Gasteiger partial charge in [-0.25, -0.2) is 4.98 Å². The molecule has 4 heterocycles. The topological polar surface area (TPSA) is 42.4 Å². The normalized spacial score (nSPS) is 15.9. The van der Waals surface area contributed by atoms with Crippen molar-refractivity contribution in [2.45, 2.75) is 13.4 Å². The van der Waals surface area contributed by atoms with Crippen LogP contribution in [0.1, 0.15) is 21.1 Å². The minimum Gasteiger partial charge on any atom is -0.459 e. The molecule has 1 aliphatic rings. The van der Waals surface area contributed by atoms with Crippen molar-refractivity contribution in [3.05, 3.63) is 77.8 Å². The van der Waals surface area contributed by atoms with E-state index in [2.05, 4.69) is 22.0 Å². The van der Waals surface area contributed by atoms with Gasteiger partial charge in [0.2, 0.25) is 5.71 Å². The Hall–Kier alpha value is -3.53. The van der Waals surface area contributed by atoms with E-state index in [4.69, 9.17) is 12.9 Å². The molecule has 0 aliphatic carbocycles. The summed E-state index contributed by atoms with van der Waals surface area (Å²) in [4.78, 5) is 6.32. The van der Waals surface area contributed by atoms with Crippen molar-refractivity contribution in [3.8, 4) is 0 Å². The quantitative estimate of drug-likeness (QED) is 0.368. The molecule has 0 spiro atoms. The van der Waals surface area contributed by atoms with Crippen molar-refractivity contribution in [2.75, 3.05) is 4.90 Å². The summed E-state index contributed by atoms with van der Waals surface area (Å²) >= 11 is 0. The molecule has 3 aromatic heterocycles. The molecule has 5 aromatic rings. The largest absolute Gasteiger partial charge is 0.459 e. The van der Waals surface area contributed by atoms with Crippen LogP contribution in [0.15, 0.2) is 69.6 Å². The van der Waals surface area contributed by atoms with Crippen LogP contribution in [0.3, 0.4) is 0 Å². The number of nitrogens with zero attached hydrogens (tertiary/aromatic N) is 2. The molecule has 0 fully saturated rings. The maximum absolute atomic E-state index is 7.60. The Morgan fingerprint density at radius 3 is 2.85 bits per heavy atom. The van der Waals surface area contributed by atoms with Gasteiger partial charge >= 0.3 is 0 Å². The summed E-state index contributed by atoms with van der Waals surface area (Å²) in [5.41, 5.74) is 3.88. The number of pyridine rings is 1. The Morgan fingerprint density at radius 1 is 0.963 bits per heavy atom. The van der Waals surface area contributed by atoms with Crippen LogP contribution in [0.4, 0.5) is 5.69 Å². The van der Waals surface area contributed by atoms with Gasteiger partial charge < -0.3 is 13.7 Å². The molecule has 0 amide bonds. The second kappa shape index (κ2) is 5.24. The van der Waals surface area contributed by atoms with Gasteiger partial charge in [-0.15, -0.1) is 0 Å². The maximum Gasteiger partial charge on any atom is 0.227 e. The van der Waals surface area contributed by atoms with Crippen LogP contribution in [0.25, 0.3) is 39.1 Å². The third-order valence-corrected chi connectivity index (χ3v) is 5.10. The SMILES string of the molecule is [2H]C([2H])([2H])c1ccc2c(n1)oc1c(N3C=Cc4c(oc5ccccc45)C3)cccc12. The molecule has 4 nitrogen and oxygen atoms in total. The molecule has 0 saturated carbocycles. The van der Waals surface area contributed by atoms with Crippen LogP contribution >= 0.6 is 0 Å². The van der Waals surface area contributed by atoms with Gasteiger partial charge in [0.15, 0.2) is 5.58 Å². The van der Waals surface area contributed by atoms with Crippen molar-refractivity contribution >= 4 is 44.8 Å². The molecule has 0 atom stereocenters. The number of fused-ring (bicyclic) bond motifs is 6. The second-order valence-corrected chi connectivity index (χ2v) is 6.68. The minimum absolute atomic E-state index is 0.0281. The number of para-hydroxylation sites is 2. The highest BCUT2D eigenvalue weighted by Gasteiger charge is 2.22. The first-order valence-electron chi connectivity index (χ1n) is 10.3. The van der Waals surface area contributed by atoms with Crippen LogP contribution < -0.4 is 4.90 Å². The molecule has 4 heteroatoms. The van der Waals surface area contributed by atoms with Crippen molar-refractivity contribution < 1.29 is 12.9 Å². The summed E-state index contributed by atoms with van der Waals surface area (Å²) in [5.74, 6) is 0.898. The van der Waals surface area contributed by atoms with E-state index in [1.165, 1.54) is 0 Å². The lowest BCUT2D eigenvalue weighted by molar-refractivity contribution is 0.545. The third-order valence-electron chi connectivity index (χ3n) is 5.10. The fraction of sp³-hybridized carbons (Fsp3) is 0.0870. The minimum atomic E-state index is -2.27. The number of anilines is 1. The van der Waals surface area contributed by atoms with E-state index < -0.39 is 6.85 Å². The molecular formula is C23H16N2O2. The average molecular weight is 355 g/mol. The van der Waals surface area contributed by atoms with Crippen LogP contribution in [0.5, 0.6) is 0 Å². The van der Waals surface area contributed by atoms with Gasteiger partial charge in [-0.3, -0.25) is 0 Å². The molecule has 130 valence electrons. The van der Waals surface area contributed by atoms with E-state index in [9.17, 15) is 0 Å². The van der Waals surface area contributed by atoms with Gasteiger partial charge in [-0.2, -0.15) is 0 Å². The zero-order chi connectivity index (χ0) is 20.5. The van der Waals surface area contributed by atoms with Crippen molar-refractivity contribution in [3.63, 3.8) is 0 Å². The van der Waals surface area contributed by atoms with Gasteiger partial charge in [0.25, 0.3) is 0 Å². The highest BCUT2D eigenvalue weighted by molar-refractivity contribution is 6.08. The van der Waals surface area contributed by atoms with Crippen molar-refractivity contribution in [2.24, 2.45) is 0 Å². The van der Waals surface area contributed by atoms with E-state index >= 15 is 0 Å². The first-order chi connectivity index (χ1) is 14.5. The number of aromatic nitrogens is 1. The molecule has 6 rings (SSSR count). The Morgan fingerprint density at radius 2 is 1.89 bits per heavy atom. The summed E-state index contributed by atoms with van der Waals surface area (Å²) < 4.78 is 34.9. The highest BCUT2D eigenvalue weighted by atomic mass is 16.3. The smallest absolute Gasteiger partial charge is 0.227 e. The predicted molar refractivity (Wildman–Crippen MR) is 108 cm³/mol. The van der Waals surface area contributed by atoms with Gasteiger partial charge in [0.1, 0.15) is 11.3 Å². The van der Waals surface area contributed by atoms with Gasteiger partial charge in [0.05, 0.1) is 12.2 Å². The first-order valence-corrected chi connectivity index (χ1v) is 8.77. The van der Waals surface area contributed by atoms with Gasteiger partial charge in [0, 0.05) is 37.7 Å².